The molecule has 0 aliphatic heterocycles. The molecule has 0 saturated heterocycles. The minimum absolute atomic E-state index is 0.106. The van der Waals surface area contributed by atoms with Gasteiger partial charge in [0.1, 0.15) is 10.8 Å². The normalized spacial score (nSPS) is 10.8. The quantitative estimate of drug-likeness (QED) is 0.522. The second-order valence-corrected chi connectivity index (χ2v) is 5.84. The number of pyridine rings is 2. The second kappa shape index (κ2) is 6.32. The monoisotopic (exact) mass is 384 g/mol. The van der Waals surface area contributed by atoms with Crippen LogP contribution in [-0.2, 0) is 0 Å². The third-order valence-electron chi connectivity index (χ3n) is 3.16. The van der Waals surface area contributed by atoms with Crippen LogP contribution in [0.3, 0.4) is 0 Å². The highest BCUT2D eigenvalue weighted by Crippen LogP contribution is 2.31. The Kier molecular flexibility index (Phi) is 4.36. The molecule has 0 unspecified atom stereocenters. The molecule has 1 aromatic carbocycles. The first-order chi connectivity index (χ1) is 11.4. The van der Waals surface area contributed by atoms with E-state index in [1.54, 1.807) is 18.2 Å². The molecule has 24 heavy (non-hydrogen) atoms. The van der Waals surface area contributed by atoms with Crippen LogP contribution in [-0.4, -0.2) is 20.8 Å². The summed E-state index contributed by atoms with van der Waals surface area (Å²) in [7, 11) is 0. The summed E-state index contributed by atoms with van der Waals surface area (Å²) in [5, 5.41) is 9.62. The standard InChI is InChI=1S/C15H7Cl3N2O4/c16-8-2-1-3-9(17)12(8)20-6-10(24-15(22)23)13(21)7-4-5-11(18)19-14(7)20/h1-6H,(H,22,23). The van der Waals surface area contributed by atoms with Crippen molar-refractivity contribution in [3.8, 4) is 11.4 Å². The van der Waals surface area contributed by atoms with E-state index in [0.717, 1.165) is 6.20 Å². The molecule has 6 nitrogen and oxygen atoms in total. The molecular weight excluding hydrogens is 379 g/mol. The molecule has 0 aliphatic rings. The van der Waals surface area contributed by atoms with E-state index >= 15 is 0 Å². The molecule has 0 aliphatic carbocycles. The van der Waals surface area contributed by atoms with Crippen molar-refractivity contribution >= 4 is 52.0 Å². The Balaban J connectivity index is 2.46. The van der Waals surface area contributed by atoms with Gasteiger partial charge in [0.2, 0.25) is 5.43 Å². The van der Waals surface area contributed by atoms with Crippen molar-refractivity contribution in [3.63, 3.8) is 0 Å². The lowest BCUT2D eigenvalue weighted by Gasteiger charge is -2.14. The Bertz CT molecular complexity index is 1010. The number of para-hydroxylation sites is 1. The summed E-state index contributed by atoms with van der Waals surface area (Å²) in [6.07, 6.45) is -0.458. The van der Waals surface area contributed by atoms with Crippen molar-refractivity contribution in [2.45, 2.75) is 0 Å². The summed E-state index contributed by atoms with van der Waals surface area (Å²) < 4.78 is 5.93. The number of aromatic nitrogens is 2. The lowest BCUT2D eigenvalue weighted by atomic mass is 10.2. The first-order valence-electron chi connectivity index (χ1n) is 6.45. The van der Waals surface area contributed by atoms with Crippen molar-refractivity contribution in [2.75, 3.05) is 0 Å². The van der Waals surface area contributed by atoms with Crippen molar-refractivity contribution in [1.82, 2.24) is 9.55 Å². The minimum Gasteiger partial charge on any atom is -0.449 e. The fourth-order valence-corrected chi connectivity index (χ4v) is 2.93. The Morgan fingerprint density at radius 1 is 1.12 bits per heavy atom. The Labute approximate surface area is 149 Å². The maximum atomic E-state index is 12.4. The number of carbonyl (C=O) groups is 1. The summed E-state index contributed by atoms with van der Waals surface area (Å²) in [4.78, 5) is 27.3. The number of fused-ring (bicyclic) bond motifs is 1. The number of nitrogens with zero attached hydrogens (tertiary/aromatic N) is 2. The average molecular weight is 386 g/mol. The number of rotatable bonds is 2. The molecule has 122 valence electrons. The van der Waals surface area contributed by atoms with Crippen LogP contribution in [0.4, 0.5) is 4.79 Å². The lowest BCUT2D eigenvalue weighted by Crippen LogP contribution is -2.16. The molecule has 2 aromatic heterocycles. The third kappa shape index (κ3) is 2.91. The molecular formula is C15H7Cl3N2O4. The fraction of sp³-hybridized carbons (Fsp3) is 0. The van der Waals surface area contributed by atoms with E-state index in [4.69, 9.17) is 39.9 Å². The highest BCUT2D eigenvalue weighted by molar-refractivity contribution is 6.37. The summed E-state index contributed by atoms with van der Waals surface area (Å²) in [6.45, 7) is 0. The van der Waals surface area contributed by atoms with Gasteiger partial charge in [0.05, 0.1) is 27.3 Å². The number of hydrogen-bond donors (Lipinski definition) is 1. The number of ether oxygens (including phenoxy) is 1. The molecule has 0 fully saturated rings. The molecule has 3 aromatic rings. The molecule has 0 radical (unpaired) electrons. The maximum absolute atomic E-state index is 12.4. The van der Waals surface area contributed by atoms with Crippen LogP contribution in [0.15, 0.2) is 41.3 Å². The SMILES string of the molecule is O=C(O)Oc1cn(-c2c(Cl)cccc2Cl)c2nc(Cl)ccc2c1=O. The molecule has 0 atom stereocenters. The second-order valence-electron chi connectivity index (χ2n) is 4.64. The van der Waals surface area contributed by atoms with Gasteiger partial charge in [-0.2, -0.15) is 0 Å². The van der Waals surface area contributed by atoms with Crippen LogP contribution >= 0.6 is 34.8 Å². The van der Waals surface area contributed by atoms with Gasteiger partial charge in [-0.15, -0.1) is 0 Å². The largest absolute Gasteiger partial charge is 0.511 e. The predicted molar refractivity (Wildman–Crippen MR) is 91.0 cm³/mol. The first-order valence-corrected chi connectivity index (χ1v) is 7.59. The van der Waals surface area contributed by atoms with Gasteiger partial charge in [-0.05, 0) is 24.3 Å². The zero-order chi connectivity index (χ0) is 17.4. The molecule has 2 heterocycles. The summed E-state index contributed by atoms with van der Waals surface area (Å²) in [5.74, 6) is -0.407. The number of halogens is 3. The summed E-state index contributed by atoms with van der Waals surface area (Å²) in [5.41, 5.74) is -0.160. The van der Waals surface area contributed by atoms with Crippen LogP contribution < -0.4 is 10.2 Å². The van der Waals surface area contributed by atoms with Gasteiger partial charge in [-0.1, -0.05) is 40.9 Å². The molecule has 1 N–H and O–H groups in total. The molecule has 9 heteroatoms. The summed E-state index contributed by atoms with van der Waals surface area (Å²) in [6, 6.07) is 7.66. The van der Waals surface area contributed by atoms with Crippen molar-refractivity contribution < 1.29 is 14.6 Å². The van der Waals surface area contributed by atoms with E-state index in [9.17, 15) is 9.59 Å². The highest BCUT2D eigenvalue weighted by atomic mass is 35.5. The van der Waals surface area contributed by atoms with Gasteiger partial charge in [0.15, 0.2) is 5.75 Å². The zero-order valence-corrected chi connectivity index (χ0v) is 13.9. The molecule has 0 amide bonds. The molecule has 0 saturated carbocycles. The van der Waals surface area contributed by atoms with Crippen LogP contribution in [0.1, 0.15) is 0 Å². The van der Waals surface area contributed by atoms with Crippen molar-refractivity contribution in [2.24, 2.45) is 0 Å². The maximum Gasteiger partial charge on any atom is 0.511 e. The van der Waals surface area contributed by atoms with Crippen molar-refractivity contribution in [1.29, 1.82) is 0 Å². The van der Waals surface area contributed by atoms with Gasteiger partial charge >= 0.3 is 6.16 Å². The smallest absolute Gasteiger partial charge is 0.449 e. The third-order valence-corrected chi connectivity index (χ3v) is 3.98. The summed E-state index contributed by atoms with van der Waals surface area (Å²) >= 11 is 18.3. The number of carboxylic acid groups (broad SMARTS) is 1. The van der Waals surface area contributed by atoms with E-state index in [-0.39, 0.29) is 26.2 Å². The highest BCUT2D eigenvalue weighted by Gasteiger charge is 2.18. The predicted octanol–water partition coefficient (Wildman–Crippen LogP) is 4.40. The molecule has 0 bridgehead atoms. The lowest BCUT2D eigenvalue weighted by molar-refractivity contribution is 0.144. The minimum atomic E-state index is -1.62. The van der Waals surface area contributed by atoms with E-state index in [2.05, 4.69) is 9.72 Å². The van der Waals surface area contributed by atoms with Gasteiger partial charge in [0.25, 0.3) is 0 Å². The number of hydrogen-bond acceptors (Lipinski definition) is 4. The Hall–Kier alpha value is -2.28. The van der Waals surface area contributed by atoms with Crippen LogP contribution in [0, 0.1) is 0 Å². The zero-order valence-electron chi connectivity index (χ0n) is 11.7. The number of benzene rings is 1. The van der Waals surface area contributed by atoms with Crippen LogP contribution in [0.25, 0.3) is 16.7 Å². The van der Waals surface area contributed by atoms with E-state index in [1.165, 1.54) is 16.7 Å². The molecule has 3 rings (SSSR count). The molecule has 0 spiro atoms. The fourth-order valence-electron chi connectivity index (χ4n) is 2.21. The van der Waals surface area contributed by atoms with Crippen LogP contribution in [0.2, 0.25) is 15.2 Å². The topological polar surface area (TPSA) is 81.4 Å². The van der Waals surface area contributed by atoms with E-state index < -0.39 is 17.3 Å². The van der Waals surface area contributed by atoms with Gasteiger partial charge in [-0.3, -0.25) is 9.36 Å². The average Bonchev–Trinajstić information content (AvgIpc) is 2.50. The van der Waals surface area contributed by atoms with Gasteiger partial charge in [-0.25, -0.2) is 9.78 Å². The van der Waals surface area contributed by atoms with Gasteiger partial charge < -0.3 is 9.84 Å². The van der Waals surface area contributed by atoms with Crippen LogP contribution in [0.5, 0.6) is 5.75 Å². The van der Waals surface area contributed by atoms with E-state index in [1.807, 2.05) is 0 Å². The first kappa shape index (κ1) is 16.6. The van der Waals surface area contributed by atoms with Crippen molar-refractivity contribution in [3.05, 3.63) is 62.0 Å². The van der Waals surface area contributed by atoms with Gasteiger partial charge in [0, 0.05) is 0 Å². The Morgan fingerprint density at radius 3 is 2.42 bits per heavy atom. The Morgan fingerprint density at radius 2 is 1.79 bits per heavy atom. The van der Waals surface area contributed by atoms with E-state index in [0.29, 0.717) is 5.69 Å².